The first-order chi connectivity index (χ1) is 10.1. The molecule has 1 fully saturated rings. The van der Waals surface area contributed by atoms with Crippen LogP contribution in [0.3, 0.4) is 0 Å². The van der Waals surface area contributed by atoms with Crippen molar-refractivity contribution in [1.82, 2.24) is 10.2 Å². The first-order valence-electron chi connectivity index (χ1n) is 6.72. The van der Waals surface area contributed by atoms with Gasteiger partial charge in [0.25, 0.3) is 5.91 Å². The standard InChI is InChI=1S/C14H18Cl2N2O3/c1-17-8-10-6-11(15)7-12(16)14(10)21-9-13(19)18-2-4-20-5-3-18/h6-7,17H,2-5,8-9H2,1H3. The Bertz CT molecular complexity index is 505. The molecular weight excluding hydrogens is 315 g/mol. The smallest absolute Gasteiger partial charge is 0.260 e. The Morgan fingerprint density at radius 2 is 2.10 bits per heavy atom. The number of amides is 1. The zero-order chi connectivity index (χ0) is 15.2. The second-order valence-corrected chi connectivity index (χ2v) is 5.53. The van der Waals surface area contributed by atoms with Gasteiger partial charge in [-0.05, 0) is 19.2 Å². The molecular formula is C14H18Cl2N2O3. The minimum absolute atomic E-state index is 0.0436. The largest absolute Gasteiger partial charge is 0.482 e. The molecule has 1 amide bonds. The van der Waals surface area contributed by atoms with Gasteiger partial charge < -0.3 is 19.7 Å². The third-order valence-corrected chi connectivity index (χ3v) is 3.66. The Morgan fingerprint density at radius 3 is 2.76 bits per heavy atom. The molecule has 0 bridgehead atoms. The van der Waals surface area contributed by atoms with E-state index in [4.69, 9.17) is 32.7 Å². The highest BCUT2D eigenvalue weighted by Crippen LogP contribution is 2.32. The summed E-state index contributed by atoms with van der Waals surface area (Å²) >= 11 is 12.1. The van der Waals surface area contributed by atoms with Gasteiger partial charge >= 0.3 is 0 Å². The molecule has 1 saturated heterocycles. The molecule has 7 heteroatoms. The summed E-state index contributed by atoms with van der Waals surface area (Å²) in [4.78, 5) is 13.8. The monoisotopic (exact) mass is 332 g/mol. The molecule has 1 aliphatic rings. The zero-order valence-electron chi connectivity index (χ0n) is 11.8. The molecule has 0 atom stereocenters. The lowest BCUT2D eigenvalue weighted by Gasteiger charge is -2.27. The molecule has 1 aliphatic heterocycles. The van der Waals surface area contributed by atoms with Crippen molar-refractivity contribution >= 4 is 29.1 Å². The van der Waals surface area contributed by atoms with E-state index in [1.165, 1.54) is 0 Å². The van der Waals surface area contributed by atoms with Crippen LogP contribution in [0.15, 0.2) is 12.1 Å². The van der Waals surface area contributed by atoms with Crippen molar-refractivity contribution in [3.63, 3.8) is 0 Å². The molecule has 0 spiro atoms. The molecule has 1 aromatic rings. The fourth-order valence-electron chi connectivity index (χ4n) is 2.13. The summed E-state index contributed by atoms with van der Waals surface area (Å²) in [7, 11) is 1.82. The van der Waals surface area contributed by atoms with Crippen LogP contribution in [-0.2, 0) is 16.1 Å². The van der Waals surface area contributed by atoms with Crippen molar-refractivity contribution in [3.05, 3.63) is 27.7 Å². The van der Waals surface area contributed by atoms with Crippen LogP contribution >= 0.6 is 23.2 Å². The number of morpholine rings is 1. The van der Waals surface area contributed by atoms with Crippen LogP contribution in [0.1, 0.15) is 5.56 Å². The number of benzene rings is 1. The quantitative estimate of drug-likeness (QED) is 0.895. The van der Waals surface area contributed by atoms with E-state index >= 15 is 0 Å². The number of nitrogens with zero attached hydrogens (tertiary/aromatic N) is 1. The average Bonchev–Trinajstić information content (AvgIpc) is 2.47. The van der Waals surface area contributed by atoms with Gasteiger partial charge in [0.1, 0.15) is 5.75 Å². The Balaban J connectivity index is 2.03. The van der Waals surface area contributed by atoms with Gasteiger partial charge in [-0.2, -0.15) is 0 Å². The van der Waals surface area contributed by atoms with Gasteiger partial charge in [-0.15, -0.1) is 0 Å². The van der Waals surface area contributed by atoms with E-state index in [1.54, 1.807) is 17.0 Å². The molecule has 0 saturated carbocycles. The molecule has 116 valence electrons. The van der Waals surface area contributed by atoms with E-state index in [9.17, 15) is 4.79 Å². The Hall–Kier alpha value is -1.01. The highest BCUT2D eigenvalue weighted by Gasteiger charge is 2.18. The first-order valence-corrected chi connectivity index (χ1v) is 7.48. The number of hydrogen-bond donors (Lipinski definition) is 1. The van der Waals surface area contributed by atoms with Crippen LogP contribution in [-0.4, -0.2) is 50.8 Å². The van der Waals surface area contributed by atoms with Gasteiger partial charge in [-0.3, -0.25) is 4.79 Å². The van der Waals surface area contributed by atoms with E-state index in [0.29, 0.717) is 48.6 Å². The van der Waals surface area contributed by atoms with Gasteiger partial charge in [0.15, 0.2) is 6.61 Å². The van der Waals surface area contributed by atoms with Crippen LogP contribution in [0.5, 0.6) is 5.75 Å². The van der Waals surface area contributed by atoms with E-state index < -0.39 is 0 Å². The summed E-state index contributed by atoms with van der Waals surface area (Å²) in [6, 6.07) is 3.38. The van der Waals surface area contributed by atoms with Crippen molar-refractivity contribution in [3.8, 4) is 5.75 Å². The predicted octanol–water partition coefficient (Wildman–Crippen LogP) is 1.95. The Morgan fingerprint density at radius 1 is 1.38 bits per heavy atom. The average molecular weight is 333 g/mol. The normalized spacial score (nSPS) is 15.1. The fourth-order valence-corrected chi connectivity index (χ4v) is 2.73. The number of hydrogen-bond acceptors (Lipinski definition) is 4. The maximum atomic E-state index is 12.1. The molecule has 1 heterocycles. The third-order valence-electron chi connectivity index (χ3n) is 3.16. The van der Waals surface area contributed by atoms with E-state index in [1.807, 2.05) is 7.05 Å². The number of carbonyl (C=O) groups excluding carboxylic acids is 1. The van der Waals surface area contributed by atoms with E-state index in [-0.39, 0.29) is 12.5 Å². The topological polar surface area (TPSA) is 50.8 Å². The summed E-state index contributed by atoms with van der Waals surface area (Å²) in [5.41, 5.74) is 0.824. The minimum Gasteiger partial charge on any atom is -0.482 e. The summed E-state index contributed by atoms with van der Waals surface area (Å²) < 4.78 is 10.8. The van der Waals surface area contributed by atoms with Crippen molar-refractivity contribution in [2.45, 2.75) is 6.54 Å². The maximum absolute atomic E-state index is 12.1. The Kier molecular flexibility index (Phi) is 6.11. The van der Waals surface area contributed by atoms with Crippen LogP contribution in [0.4, 0.5) is 0 Å². The highest BCUT2D eigenvalue weighted by molar-refractivity contribution is 6.35. The Labute approximate surface area is 134 Å². The van der Waals surface area contributed by atoms with Crippen LogP contribution in [0.25, 0.3) is 0 Å². The van der Waals surface area contributed by atoms with Gasteiger partial charge in [0.2, 0.25) is 0 Å². The number of ether oxygens (including phenoxy) is 2. The number of carbonyl (C=O) groups is 1. The first kappa shape index (κ1) is 16.4. The van der Waals surface area contributed by atoms with Gasteiger partial charge in [-0.25, -0.2) is 0 Å². The van der Waals surface area contributed by atoms with Crippen molar-refractivity contribution in [1.29, 1.82) is 0 Å². The van der Waals surface area contributed by atoms with Crippen molar-refractivity contribution < 1.29 is 14.3 Å². The van der Waals surface area contributed by atoms with E-state index in [2.05, 4.69) is 5.32 Å². The second-order valence-electron chi connectivity index (χ2n) is 4.69. The van der Waals surface area contributed by atoms with Crippen LogP contribution < -0.4 is 10.1 Å². The lowest BCUT2D eigenvalue weighted by atomic mass is 10.2. The predicted molar refractivity (Wildman–Crippen MR) is 82.1 cm³/mol. The summed E-state index contributed by atoms with van der Waals surface area (Å²) in [6.45, 7) is 2.84. The number of rotatable bonds is 5. The lowest BCUT2D eigenvalue weighted by molar-refractivity contribution is -0.137. The van der Waals surface area contributed by atoms with Crippen molar-refractivity contribution in [2.24, 2.45) is 0 Å². The fraction of sp³-hybridized carbons (Fsp3) is 0.500. The molecule has 21 heavy (non-hydrogen) atoms. The van der Waals surface area contributed by atoms with Crippen LogP contribution in [0, 0.1) is 0 Å². The van der Waals surface area contributed by atoms with Gasteiger partial charge in [0.05, 0.1) is 18.2 Å². The molecule has 0 aliphatic carbocycles. The zero-order valence-corrected chi connectivity index (χ0v) is 13.3. The maximum Gasteiger partial charge on any atom is 0.260 e. The SMILES string of the molecule is CNCc1cc(Cl)cc(Cl)c1OCC(=O)N1CCOCC1. The molecule has 5 nitrogen and oxygen atoms in total. The summed E-state index contributed by atoms with van der Waals surface area (Å²) in [5, 5.41) is 3.96. The van der Waals surface area contributed by atoms with Gasteiger partial charge in [0, 0.05) is 30.2 Å². The molecule has 2 rings (SSSR count). The number of nitrogens with one attached hydrogen (secondary N) is 1. The molecule has 0 unspecified atom stereocenters. The summed E-state index contributed by atoms with van der Waals surface area (Å²) in [5.74, 6) is 0.428. The number of halogens is 2. The van der Waals surface area contributed by atoms with Crippen molar-refractivity contribution in [2.75, 3.05) is 40.0 Å². The molecule has 0 radical (unpaired) electrons. The third kappa shape index (κ3) is 4.48. The molecule has 1 aromatic carbocycles. The lowest BCUT2D eigenvalue weighted by Crippen LogP contribution is -2.43. The minimum atomic E-state index is -0.0697. The molecule has 0 aromatic heterocycles. The van der Waals surface area contributed by atoms with Gasteiger partial charge in [-0.1, -0.05) is 23.2 Å². The van der Waals surface area contributed by atoms with E-state index in [0.717, 1.165) is 5.56 Å². The highest BCUT2D eigenvalue weighted by atomic mass is 35.5. The molecule has 1 N–H and O–H groups in total. The van der Waals surface area contributed by atoms with Crippen LogP contribution in [0.2, 0.25) is 10.0 Å². The second kappa shape index (κ2) is 7.84. The summed E-state index contributed by atoms with van der Waals surface area (Å²) in [6.07, 6.45) is 0.